The summed E-state index contributed by atoms with van der Waals surface area (Å²) in [5.74, 6) is -0.150. The van der Waals surface area contributed by atoms with Crippen LogP contribution >= 0.6 is 0 Å². The highest BCUT2D eigenvalue weighted by molar-refractivity contribution is 5.76. The van der Waals surface area contributed by atoms with Crippen molar-refractivity contribution in [2.75, 3.05) is 6.61 Å². The van der Waals surface area contributed by atoms with Crippen LogP contribution in [0.5, 0.6) is 0 Å². The molecule has 1 aromatic heterocycles. The minimum atomic E-state index is -0.308. The van der Waals surface area contributed by atoms with Crippen molar-refractivity contribution in [3.05, 3.63) is 52.8 Å². The van der Waals surface area contributed by atoms with Crippen molar-refractivity contribution in [3.8, 4) is 11.3 Å². The van der Waals surface area contributed by atoms with Gasteiger partial charge in [0.2, 0.25) is 5.91 Å². The fraction of sp³-hybridized carbons (Fsp3) is 0.421. The molecule has 1 aliphatic rings. The van der Waals surface area contributed by atoms with Crippen molar-refractivity contribution in [2.45, 2.75) is 38.3 Å². The van der Waals surface area contributed by atoms with Crippen molar-refractivity contribution >= 4 is 5.91 Å². The van der Waals surface area contributed by atoms with E-state index in [2.05, 4.69) is 10.4 Å². The fourth-order valence-corrected chi connectivity index (χ4v) is 3.33. The summed E-state index contributed by atoms with van der Waals surface area (Å²) < 4.78 is 1.19. The Bertz CT molecular complexity index is 773. The Morgan fingerprint density at radius 1 is 1.16 bits per heavy atom. The molecular weight excluding hydrogens is 318 g/mol. The van der Waals surface area contributed by atoms with Crippen LogP contribution in [0, 0.1) is 5.92 Å². The molecule has 1 saturated carbocycles. The average Bonchev–Trinajstić information content (AvgIpc) is 2.64. The Kier molecular flexibility index (Phi) is 5.60. The highest BCUT2D eigenvalue weighted by Crippen LogP contribution is 2.23. The third-order valence-electron chi connectivity index (χ3n) is 4.72. The second kappa shape index (κ2) is 8.07. The molecule has 0 saturated heterocycles. The molecule has 6 heteroatoms. The Hall–Kier alpha value is -2.47. The fourth-order valence-electron chi connectivity index (χ4n) is 3.33. The van der Waals surface area contributed by atoms with Gasteiger partial charge in [-0.25, -0.2) is 4.68 Å². The van der Waals surface area contributed by atoms with Gasteiger partial charge < -0.3 is 10.4 Å². The molecule has 1 aliphatic carbocycles. The maximum Gasteiger partial charge on any atom is 0.267 e. The Morgan fingerprint density at radius 3 is 2.68 bits per heavy atom. The van der Waals surface area contributed by atoms with Crippen LogP contribution < -0.4 is 10.9 Å². The van der Waals surface area contributed by atoms with Crippen LogP contribution in [0.2, 0.25) is 0 Å². The van der Waals surface area contributed by atoms with E-state index in [1.54, 1.807) is 6.07 Å². The van der Waals surface area contributed by atoms with Crippen LogP contribution in [0.15, 0.2) is 47.3 Å². The molecule has 0 aliphatic heterocycles. The maximum atomic E-state index is 12.3. The molecule has 2 N–H and O–H groups in total. The predicted molar refractivity (Wildman–Crippen MR) is 94.9 cm³/mol. The molecule has 1 heterocycles. The highest BCUT2D eigenvalue weighted by atomic mass is 16.3. The number of hydrogen-bond donors (Lipinski definition) is 2. The van der Waals surface area contributed by atoms with E-state index in [4.69, 9.17) is 0 Å². The van der Waals surface area contributed by atoms with Crippen LogP contribution in [0.25, 0.3) is 11.3 Å². The summed E-state index contributed by atoms with van der Waals surface area (Å²) >= 11 is 0. The maximum absolute atomic E-state index is 12.3. The largest absolute Gasteiger partial charge is 0.396 e. The normalized spacial score (nSPS) is 20.2. The number of nitrogens with one attached hydrogen (secondary N) is 1. The SMILES string of the molecule is O=C(Cn1nc(-c2ccccc2)ccc1=O)NC1CCCCC1CO. The molecule has 1 aromatic carbocycles. The second-order valence-electron chi connectivity index (χ2n) is 6.48. The van der Waals surface area contributed by atoms with Gasteiger partial charge in [-0.3, -0.25) is 9.59 Å². The van der Waals surface area contributed by atoms with Crippen LogP contribution in [-0.4, -0.2) is 33.4 Å². The van der Waals surface area contributed by atoms with Gasteiger partial charge in [0.1, 0.15) is 6.54 Å². The summed E-state index contributed by atoms with van der Waals surface area (Å²) in [5.41, 5.74) is 1.24. The molecule has 132 valence electrons. The van der Waals surface area contributed by atoms with Gasteiger partial charge in [0.25, 0.3) is 5.56 Å². The topological polar surface area (TPSA) is 84.2 Å². The molecule has 0 radical (unpaired) electrons. The van der Waals surface area contributed by atoms with E-state index >= 15 is 0 Å². The number of aromatic nitrogens is 2. The first-order valence-corrected chi connectivity index (χ1v) is 8.71. The summed E-state index contributed by atoms with van der Waals surface area (Å²) in [7, 11) is 0. The van der Waals surface area contributed by atoms with Gasteiger partial charge in [-0.1, -0.05) is 43.2 Å². The third kappa shape index (κ3) is 4.33. The summed E-state index contributed by atoms with van der Waals surface area (Å²) in [6.45, 7) is -0.0409. The number of aliphatic hydroxyl groups is 1. The number of amides is 1. The minimum absolute atomic E-state index is 0.0285. The lowest BCUT2D eigenvalue weighted by Crippen LogP contribution is -2.45. The Balaban J connectivity index is 1.71. The van der Waals surface area contributed by atoms with E-state index in [9.17, 15) is 14.7 Å². The first-order valence-electron chi connectivity index (χ1n) is 8.71. The van der Waals surface area contributed by atoms with Gasteiger partial charge in [0, 0.05) is 30.2 Å². The van der Waals surface area contributed by atoms with E-state index in [1.165, 1.54) is 10.7 Å². The van der Waals surface area contributed by atoms with E-state index in [0.29, 0.717) is 5.69 Å². The number of carbonyl (C=O) groups excluding carboxylic acids is 1. The number of aliphatic hydroxyl groups excluding tert-OH is 1. The van der Waals surface area contributed by atoms with Crippen LogP contribution in [-0.2, 0) is 11.3 Å². The Morgan fingerprint density at radius 2 is 1.92 bits per heavy atom. The molecular formula is C19H23N3O3. The molecule has 0 spiro atoms. The molecule has 1 amide bonds. The lowest BCUT2D eigenvalue weighted by atomic mass is 9.85. The zero-order valence-corrected chi connectivity index (χ0v) is 14.1. The standard InChI is InChI=1S/C19H23N3O3/c23-13-15-8-4-5-9-16(15)20-18(24)12-22-19(25)11-10-17(21-22)14-6-2-1-3-7-14/h1-3,6-7,10-11,15-16,23H,4-5,8-9,12-13H2,(H,20,24). The lowest BCUT2D eigenvalue weighted by molar-refractivity contribution is -0.123. The smallest absolute Gasteiger partial charge is 0.267 e. The zero-order valence-electron chi connectivity index (χ0n) is 14.1. The van der Waals surface area contributed by atoms with Gasteiger partial charge in [-0.05, 0) is 18.9 Å². The second-order valence-corrected chi connectivity index (χ2v) is 6.48. The van der Waals surface area contributed by atoms with Gasteiger partial charge in [0.05, 0.1) is 5.69 Å². The number of nitrogens with zero attached hydrogens (tertiary/aromatic N) is 2. The Labute approximate surface area is 146 Å². The number of rotatable bonds is 5. The summed E-state index contributed by atoms with van der Waals surface area (Å²) in [5, 5.41) is 16.7. The van der Waals surface area contributed by atoms with E-state index in [1.807, 2.05) is 30.3 Å². The number of carbonyl (C=O) groups is 1. The quantitative estimate of drug-likeness (QED) is 0.865. The van der Waals surface area contributed by atoms with Crippen molar-refractivity contribution in [3.63, 3.8) is 0 Å². The summed E-state index contributed by atoms with van der Waals surface area (Å²) in [6.07, 6.45) is 3.91. The molecule has 0 bridgehead atoms. The number of hydrogen-bond acceptors (Lipinski definition) is 4. The van der Waals surface area contributed by atoms with Crippen LogP contribution in [0.3, 0.4) is 0 Å². The van der Waals surface area contributed by atoms with Gasteiger partial charge in [-0.2, -0.15) is 5.10 Å². The molecule has 2 aromatic rings. The monoisotopic (exact) mass is 341 g/mol. The molecule has 2 unspecified atom stereocenters. The van der Waals surface area contributed by atoms with E-state index in [0.717, 1.165) is 31.2 Å². The first-order chi connectivity index (χ1) is 12.2. The first kappa shape index (κ1) is 17.4. The third-order valence-corrected chi connectivity index (χ3v) is 4.72. The number of benzene rings is 1. The van der Waals surface area contributed by atoms with Gasteiger partial charge in [0.15, 0.2) is 0 Å². The summed E-state index contributed by atoms with van der Waals surface area (Å²) in [6, 6.07) is 12.6. The van der Waals surface area contributed by atoms with Crippen LogP contribution in [0.4, 0.5) is 0 Å². The molecule has 2 atom stereocenters. The molecule has 6 nitrogen and oxygen atoms in total. The minimum Gasteiger partial charge on any atom is -0.396 e. The predicted octanol–water partition coefficient (Wildman–Crippen LogP) is 1.58. The van der Waals surface area contributed by atoms with E-state index in [-0.39, 0.29) is 36.6 Å². The highest BCUT2D eigenvalue weighted by Gasteiger charge is 2.25. The van der Waals surface area contributed by atoms with Crippen molar-refractivity contribution in [1.29, 1.82) is 0 Å². The molecule has 25 heavy (non-hydrogen) atoms. The summed E-state index contributed by atoms with van der Waals surface area (Å²) in [4.78, 5) is 24.4. The molecule has 3 rings (SSSR count). The van der Waals surface area contributed by atoms with Gasteiger partial charge in [-0.15, -0.1) is 0 Å². The van der Waals surface area contributed by atoms with Crippen molar-refractivity contribution in [1.82, 2.24) is 15.1 Å². The average molecular weight is 341 g/mol. The molecule has 1 fully saturated rings. The van der Waals surface area contributed by atoms with Crippen molar-refractivity contribution in [2.24, 2.45) is 5.92 Å². The van der Waals surface area contributed by atoms with E-state index < -0.39 is 0 Å². The van der Waals surface area contributed by atoms with Gasteiger partial charge >= 0.3 is 0 Å². The van der Waals surface area contributed by atoms with Crippen LogP contribution in [0.1, 0.15) is 25.7 Å². The lowest BCUT2D eigenvalue weighted by Gasteiger charge is -2.30. The zero-order chi connectivity index (χ0) is 17.6. The van der Waals surface area contributed by atoms with Crippen molar-refractivity contribution < 1.29 is 9.90 Å².